The van der Waals surface area contributed by atoms with Crippen molar-refractivity contribution in [3.8, 4) is 0 Å². The molecule has 0 saturated heterocycles. The van der Waals surface area contributed by atoms with Crippen LogP contribution in [-0.2, 0) is 0 Å². The van der Waals surface area contributed by atoms with Gasteiger partial charge in [0.25, 0.3) is 5.69 Å². The summed E-state index contributed by atoms with van der Waals surface area (Å²) in [4.78, 5) is 14.6. The fourth-order valence-electron chi connectivity index (χ4n) is 1.73. The molecular formula is C14H17N3O3. The van der Waals surface area contributed by atoms with Gasteiger partial charge in [0, 0.05) is 24.1 Å². The first kappa shape index (κ1) is 14.2. The van der Waals surface area contributed by atoms with Crippen LogP contribution in [0, 0.1) is 10.1 Å². The molecule has 0 fully saturated rings. The van der Waals surface area contributed by atoms with Crippen molar-refractivity contribution in [3.05, 3.63) is 40.4 Å². The van der Waals surface area contributed by atoms with Crippen LogP contribution in [0.4, 0.5) is 11.5 Å². The Hall–Kier alpha value is -2.21. The zero-order valence-electron chi connectivity index (χ0n) is 11.5. The minimum Gasteiger partial charge on any atom is -0.388 e. The Morgan fingerprint density at radius 1 is 1.40 bits per heavy atom. The van der Waals surface area contributed by atoms with Gasteiger partial charge in [0.1, 0.15) is 5.82 Å². The Kier molecular flexibility index (Phi) is 3.85. The van der Waals surface area contributed by atoms with Crippen molar-refractivity contribution in [1.29, 1.82) is 0 Å². The molecule has 106 valence electrons. The lowest BCUT2D eigenvalue weighted by atomic mass is 10.0. The van der Waals surface area contributed by atoms with Crippen molar-refractivity contribution in [3.63, 3.8) is 0 Å². The van der Waals surface area contributed by atoms with E-state index in [1.54, 1.807) is 25.1 Å². The van der Waals surface area contributed by atoms with Crippen LogP contribution >= 0.6 is 0 Å². The molecule has 0 saturated carbocycles. The second kappa shape index (κ2) is 5.42. The van der Waals surface area contributed by atoms with Gasteiger partial charge in [-0.15, -0.1) is 0 Å². The number of nitro groups is 1. The van der Waals surface area contributed by atoms with Gasteiger partial charge >= 0.3 is 0 Å². The van der Waals surface area contributed by atoms with E-state index in [9.17, 15) is 15.2 Å². The molecule has 1 aromatic heterocycles. The van der Waals surface area contributed by atoms with E-state index < -0.39 is 10.5 Å². The molecular weight excluding hydrogens is 258 g/mol. The van der Waals surface area contributed by atoms with Gasteiger partial charge in [0.15, 0.2) is 0 Å². The quantitative estimate of drug-likeness (QED) is 0.647. The van der Waals surface area contributed by atoms with E-state index in [0.29, 0.717) is 29.7 Å². The van der Waals surface area contributed by atoms with Crippen LogP contribution in [0.25, 0.3) is 10.9 Å². The fraction of sp³-hybridized carbons (Fsp3) is 0.357. The van der Waals surface area contributed by atoms with Crippen LogP contribution in [-0.4, -0.2) is 27.2 Å². The van der Waals surface area contributed by atoms with Gasteiger partial charge in [0.2, 0.25) is 0 Å². The lowest BCUT2D eigenvalue weighted by Gasteiger charge is -2.21. The monoisotopic (exact) mass is 275 g/mol. The molecule has 0 amide bonds. The Morgan fingerprint density at radius 2 is 2.15 bits per heavy atom. The first-order chi connectivity index (χ1) is 9.41. The van der Waals surface area contributed by atoms with E-state index >= 15 is 0 Å². The average Bonchev–Trinajstić information content (AvgIpc) is 2.44. The van der Waals surface area contributed by atoms with Crippen LogP contribution in [0.15, 0.2) is 30.3 Å². The number of aliphatic hydroxyl groups is 1. The van der Waals surface area contributed by atoms with Crippen molar-refractivity contribution in [2.24, 2.45) is 0 Å². The summed E-state index contributed by atoms with van der Waals surface area (Å²) in [6.07, 6.45) is 0.639. The highest BCUT2D eigenvalue weighted by Gasteiger charge is 2.17. The summed E-state index contributed by atoms with van der Waals surface area (Å²) in [5.74, 6) is 0.639. The van der Waals surface area contributed by atoms with Crippen LogP contribution in [0.3, 0.4) is 0 Å². The normalized spacial score (nSPS) is 13.9. The first-order valence-corrected chi connectivity index (χ1v) is 6.43. The zero-order valence-corrected chi connectivity index (χ0v) is 11.5. The number of hydrogen-bond donors (Lipinski definition) is 2. The number of pyridine rings is 1. The lowest BCUT2D eigenvalue weighted by Crippen LogP contribution is -2.32. The summed E-state index contributed by atoms with van der Waals surface area (Å²) >= 11 is 0. The number of nitrogens with one attached hydrogen (secondary N) is 1. The second-order valence-electron chi connectivity index (χ2n) is 5.03. The second-order valence-corrected chi connectivity index (χ2v) is 5.03. The van der Waals surface area contributed by atoms with Gasteiger partial charge in [-0.2, -0.15) is 0 Å². The molecule has 1 unspecified atom stereocenters. The molecule has 0 bridgehead atoms. The maximum Gasteiger partial charge on any atom is 0.270 e. The van der Waals surface area contributed by atoms with Gasteiger partial charge in [-0.3, -0.25) is 10.1 Å². The number of hydrogen-bond acceptors (Lipinski definition) is 5. The Bertz CT molecular complexity index is 641. The van der Waals surface area contributed by atoms with E-state index in [-0.39, 0.29) is 5.69 Å². The number of nitrogens with zero attached hydrogens (tertiary/aromatic N) is 2. The van der Waals surface area contributed by atoms with Gasteiger partial charge in [-0.05, 0) is 31.5 Å². The summed E-state index contributed by atoms with van der Waals surface area (Å²) in [7, 11) is 0. The molecule has 0 radical (unpaired) electrons. The largest absolute Gasteiger partial charge is 0.388 e. The number of nitro benzene ring substituents is 1. The van der Waals surface area contributed by atoms with E-state index in [1.165, 1.54) is 12.1 Å². The van der Waals surface area contributed by atoms with Gasteiger partial charge in [-0.25, -0.2) is 4.98 Å². The van der Waals surface area contributed by atoms with Crippen molar-refractivity contribution < 1.29 is 10.0 Å². The molecule has 1 heterocycles. The first-order valence-electron chi connectivity index (χ1n) is 6.43. The third-order valence-corrected chi connectivity index (χ3v) is 3.30. The third kappa shape index (κ3) is 3.21. The number of anilines is 1. The summed E-state index contributed by atoms with van der Waals surface area (Å²) in [5, 5.41) is 24.4. The topological polar surface area (TPSA) is 88.3 Å². The van der Waals surface area contributed by atoms with E-state index in [1.807, 2.05) is 6.92 Å². The van der Waals surface area contributed by atoms with Crippen LogP contribution in [0.2, 0.25) is 0 Å². The molecule has 20 heavy (non-hydrogen) atoms. The molecule has 1 aromatic carbocycles. The number of non-ortho nitro benzene ring substituents is 1. The SMILES string of the molecule is CCC(C)(O)CNc1ccc2cc([N+](=O)[O-])ccc2n1. The van der Waals surface area contributed by atoms with Gasteiger partial charge in [0.05, 0.1) is 16.0 Å². The predicted molar refractivity (Wildman–Crippen MR) is 77.8 cm³/mol. The smallest absolute Gasteiger partial charge is 0.270 e. The number of fused-ring (bicyclic) bond motifs is 1. The minimum absolute atomic E-state index is 0.0499. The molecule has 6 nitrogen and oxygen atoms in total. The van der Waals surface area contributed by atoms with Crippen LogP contribution in [0.5, 0.6) is 0 Å². The van der Waals surface area contributed by atoms with Crippen molar-refractivity contribution in [2.75, 3.05) is 11.9 Å². The Balaban J connectivity index is 2.22. The van der Waals surface area contributed by atoms with Crippen molar-refractivity contribution in [2.45, 2.75) is 25.9 Å². The van der Waals surface area contributed by atoms with Gasteiger partial charge < -0.3 is 10.4 Å². The molecule has 2 N–H and O–H groups in total. The standard InChI is InChI=1S/C14H17N3O3/c1-3-14(2,18)9-15-13-7-4-10-8-11(17(19)20)5-6-12(10)16-13/h4-8,18H,3,9H2,1-2H3,(H,15,16). The van der Waals surface area contributed by atoms with E-state index in [0.717, 1.165) is 0 Å². The fourth-order valence-corrected chi connectivity index (χ4v) is 1.73. The molecule has 2 aromatic rings. The van der Waals surface area contributed by atoms with Gasteiger partial charge in [-0.1, -0.05) is 6.92 Å². The molecule has 6 heteroatoms. The Labute approximate surface area is 116 Å². The summed E-state index contributed by atoms with van der Waals surface area (Å²) in [6, 6.07) is 8.07. The maximum absolute atomic E-state index is 10.7. The predicted octanol–water partition coefficient (Wildman–Crippen LogP) is 2.72. The molecule has 0 aliphatic carbocycles. The third-order valence-electron chi connectivity index (χ3n) is 3.30. The molecule has 1 atom stereocenters. The zero-order chi connectivity index (χ0) is 14.8. The molecule has 0 aliphatic heterocycles. The summed E-state index contributed by atoms with van der Waals surface area (Å²) in [6.45, 7) is 4.06. The number of benzene rings is 1. The van der Waals surface area contributed by atoms with Crippen LogP contribution in [0.1, 0.15) is 20.3 Å². The minimum atomic E-state index is -0.786. The highest BCUT2D eigenvalue weighted by molar-refractivity contribution is 5.82. The summed E-state index contributed by atoms with van der Waals surface area (Å²) < 4.78 is 0. The number of rotatable bonds is 5. The Morgan fingerprint density at radius 3 is 2.80 bits per heavy atom. The number of aromatic nitrogens is 1. The average molecular weight is 275 g/mol. The molecule has 0 spiro atoms. The van der Waals surface area contributed by atoms with E-state index in [4.69, 9.17) is 0 Å². The van der Waals surface area contributed by atoms with Crippen LogP contribution < -0.4 is 5.32 Å². The molecule has 0 aliphatic rings. The van der Waals surface area contributed by atoms with Crippen molar-refractivity contribution in [1.82, 2.24) is 4.98 Å². The highest BCUT2D eigenvalue weighted by Crippen LogP contribution is 2.21. The molecule has 2 rings (SSSR count). The summed E-state index contributed by atoms with van der Waals surface area (Å²) in [5.41, 5.74) is -0.0581. The lowest BCUT2D eigenvalue weighted by molar-refractivity contribution is -0.384. The maximum atomic E-state index is 10.7. The van der Waals surface area contributed by atoms with E-state index in [2.05, 4.69) is 10.3 Å². The highest BCUT2D eigenvalue weighted by atomic mass is 16.6. The van der Waals surface area contributed by atoms with Crippen molar-refractivity contribution >= 4 is 22.4 Å².